The van der Waals surface area contributed by atoms with E-state index in [0.717, 1.165) is 0 Å². The van der Waals surface area contributed by atoms with Crippen LogP contribution in [0.5, 0.6) is 5.75 Å². The molecular weight excluding hydrogens is 353 g/mol. The van der Waals surface area contributed by atoms with Gasteiger partial charge in [0.05, 0.1) is 17.7 Å². The number of hydrogen-bond donors (Lipinski definition) is 0. The molecule has 0 atom stereocenters. The van der Waals surface area contributed by atoms with Crippen LogP contribution in [0, 0.1) is 5.82 Å². The molecule has 0 unspecified atom stereocenters. The molecule has 1 heterocycles. The molecule has 2 aromatic carbocycles. The minimum absolute atomic E-state index is 0.0314. The van der Waals surface area contributed by atoms with E-state index in [4.69, 9.17) is 4.74 Å². The average molecular weight is 371 g/mol. The van der Waals surface area contributed by atoms with Gasteiger partial charge in [0.1, 0.15) is 11.6 Å². The molecule has 5 nitrogen and oxygen atoms in total. The summed E-state index contributed by atoms with van der Waals surface area (Å²) in [6.07, 6.45) is 0. The molecular formula is C19H18FN3O2S. The lowest BCUT2D eigenvalue weighted by molar-refractivity contribution is 0.101. The maximum atomic E-state index is 13.9. The third-order valence-corrected chi connectivity index (χ3v) is 4.77. The monoisotopic (exact) mass is 371 g/mol. The molecule has 0 aliphatic carbocycles. The van der Waals surface area contributed by atoms with Crippen LogP contribution in [0.1, 0.15) is 17.3 Å². The number of para-hydroxylation sites is 1. The Hall–Kier alpha value is -2.67. The molecule has 0 saturated heterocycles. The van der Waals surface area contributed by atoms with Gasteiger partial charge < -0.3 is 9.30 Å². The predicted molar refractivity (Wildman–Crippen MR) is 99.1 cm³/mol. The molecule has 3 rings (SSSR count). The molecule has 7 heteroatoms. The number of rotatable bonds is 7. The van der Waals surface area contributed by atoms with Crippen LogP contribution in [0.15, 0.2) is 53.7 Å². The number of nitrogens with zero attached hydrogens (tertiary/aromatic N) is 3. The first-order chi connectivity index (χ1) is 12.6. The summed E-state index contributed by atoms with van der Waals surface area (Å²) in [5, 5.41) is 8.88. The van der Waals surface area contributed by atoms with Gasteiger partial charge in [-0.2, -0.15) is 0 Å². The first-order valence-electron chi connectivity index (χ1n) is 8.08. The number of thioether (sulfide) groups is 1. The Balaban J connectivity index is 1.62. The molecule has 0 amide bonds. The van der Waals surface area contributed by atoms with E-state index in [2.05, 4.69) is 10.2 Å². The molecule has 0 N–H and O–H groups in total. The molecule has 26 heavy (non-hydrogen) atoms. The Morgan fingerprint density at radius 1 is 1.15 bits per heavy atom. The van der Waals surface area contributed by atoms with Gasteiger partial charge in [0.2, 0.25) is 0 Å². The van der Waals surface area contributed by atoms with Crippen LogP contribution in [0.3, 0.4) is 0 Å². The summed E-state index contributed by atoms with van der Waals surface area (Å²) in [4.78, 5) is 11.6. The molecule has 134 valence electrons. The van der Waals surface area contributed by atoms with E-state index >= 15 is 0 Å². The zero-order valence-electron chi connectivity index (χ0n) is 14.5. The van der Waals surface area contributed by atoms with Crippen LogP contribution in [-0.4, -0.2) is 32.9 Å². The van der Waals surface area contributed by atoms with Crippen molar-refractivity contribution in [2.24, 2.45) is 7.05 Å². The summed E-state index contributed by atoms with van der Waals surface area (Å²) in [7, 11) is 1.80. The first kappa shape index (κ1) is 18.1. The summed E-state index contributed by atoms with van der Waals surface area (Å²) in [5.74, 6) is 1.31. The second kappa shape index (κ2) is 8.14. The lowest BCUT2D eigenvalue weighted by atomic mass is 10.1. The van der Waals surface area contributed by atoms with Crippen LogP contribution in [-0.2, 0) is 7.05 Å². The van der Waals surface area contributed by atoms with Gasteiger partial charge in [-0.15, -0.1) is 10.2 Å². The van der Waals surface area contributed by atoms with Crippen molar-refractivity contribution in [3.8, 4) is 17.1 Å². The largest absolute Gasteiger partial charge is 0.492 e. The van der Waals surface area contributed by atoms with E-state index in [0.29, 0.717) is 40.2 Å². The molecule has 3 aromatic rings. The number of halogens is 1. The zero-order valence-corrected chi connectivity index (χ0v) is 15.3. The summed E-state index contributed by atoms with van der Waals surface area (Å²) in [6, 6.07) is 13.6. The molecule has 0 saturated carbocycles. The summed E-state index contributed by atoms with van der Waals surface area (Å²) < 4.78 is 21.4. The smallest absolute Gasteiger partial charge is 0.191 e. The number of carbonyl (C=O) groups excluding carboxylic acids is 1. The van der Waals surface area contributed by atoms with Gasteiger partial charge in [-0.05, 0) is 31.2 Å². The normalized spacial score (nSPS) is 10.7. The Bertz CT molecular complexity index is 927. The van der Waals surface area contributed by atoms with Crippen LogP contribution in [0.4, 0.5) is 4.39 Å². The zero-order chi connectivity index (χ0) is 18.5. The second-order valence-corrected chi connectivity index (χ2v) is 6.66. The van der Waals surface area contributed by atoms with Crippen molar-refractivity contribution in [3.63, 3.8) is 0 Å². The van der Waals surface area contributed by atoms with E-state index in [1.165, 1.54) is 24.8 Å². The number of ether oxygens (including phenoxy) is 1. The fourth-order valence-electron chi connectivity index (χ4n) is 2.49. The van der Waals surface area contributed by atoms with Crippen LogP contribution < -0.4 is 4.74 Å². The van der Waals surface area contributed by atoms with Gasteiger partial charge in [-0.3, -0.25) is 4.79 Å². The molecule has 0 bridgehead atoms. The standard InChI is InChI=1S/C19H18FN3O2S/c1-13(24)14-7-4-6-10-17(14)25-11-12-26-19-22-21-18(23(19)2)15-8-3-5-9-16(15)20/h3-10H,11-12H2,1-2H3. The van der Waals surface area contributed by atoms with Crippen molar-refractivity contribution < 1.29 is 13.9 Å². The Morgan fingerprint density at radius 3 is 2.65 bits per heavy atom. The van der Waals surface area contributed by atoms with Crippen molar-refractivity contribution in [1.82, 2.24) is 14.8 Å². The van der Waals surface area contributed by atoms with Crippen molar-refractivity contribution in [2.45, 2.75) is 12.1 Å². The topological polar surface area (TPSA) is 57.0 Å². The average Bonchev–Trinajstić information content (AvgIpc) is 3.00. The maximum absolute atomic E-state index is 13.9. The second-order valence-electron chi connectivity index (χ2n) is 5.59. The fraction of sp³-hybridized carbons (Fsp3) is 0.211. The summed E-state index contributed by atoms with van der Waals surface area (Å²) >= 11 is 1.46. The van der Waals surface area contributed by atoms with E-state index in [1.807, 2.05) is 12.1 Å². The Kier molecular flexibility index (Phi) is 5.68. The highest BCUT2D eigenvalue weighted by Crippen LogP contribution is 2.25. The molecule has 0 fully saturated rings. The fourth-order valence-corrected chi connectivity index (χ4v) is 3.21. The first-order valence-corrected chi connectivity index (χ1v) is 9.06. The van der Waals surface area contributed by atoms with E-state index in [9.17, 15) is 9.18 Å². The van der Waals surface area contributed by atoms with Gasteiger partial charge in [-0.25, -0.2) is 4.39 Å². The lowest BCUT2D eigenvalue weighted by Crippen LogP contribution is -2.05. The Labute approximate surface area is 155 Å². The SMILES string of the molecule is CC(=O)c1ccccc1OCCSc1nnc(-c2ccccc2F)n1C. The van der Waals surface area contributed by atoms with Gasteiger partial charge >= 0.3 is 0 Å². The van der Waals surface area contributed by atoms with E-state index in [1.54, 1.807) is 41.9 Å². The summed E-state index contributed by atoms with van der Waals surface area (Å²) in [5.41, 5.74) is 0.985. The van der Waals surface area contributed by atoms with Crippen molar-refractivity contribution >= 4 is 17.5 Å². The third-order valence-electron chi connectivity index (χ3n) is 3.79. The highest BCUT2D eigenvalue weighted by atomic mass is 32.2. The van der Waals surface area contributed by atoms with Crippen molar-refractivity contribution in [2.75, 3.05) is 12.4 Å². The Morgan fingerprint density at radius 2 is 1.88 bits per heavy atom. The molecule has 0 spiro atoms. The molecule has 0 aliphatic heterocycles. The highest BCUT2D eigenvalue weighted by Gasteiger charge is 2.14. The third kappa shape index (κ3) is 3.94. The van der Waals surface area contributed by atoms with Gasteiger partial charge in [-0.1, -0.05) is 36.0 Å². The van der Waals surface area contributed by atoms with Gasteiger partial charge in [0, 0.05) is 12.8 Å². The van der Waals surface area contributed by atoms with Gasteiger partial charge in [0.15, 0.2) is 16.8 Å². The number of aromatic nitrogens is 3. The molecule has 0 aliphatic rings. The van der Waals surface area contributed by atoms with Crippen LogP contribution in [0.25, 0.3) is 11.4 Å². The number of ketones is 1. The van der Waals surface area contributed by atoms with Crippen molar-refractivity contribution in [1.29, 1.82) is 0 Å². The van der Waals surface area contributed by atoms with Crippen molar-refractivity contribution in [3.05, 3.63) is 59.9 Å². The predicted octanol–water partition coefficient (Wildman–Crippen LogP) is 3.99. The van der Waals surface area contributed by atoms with Gasteiger partial charge in [0.25, 0.3) is 0 Å². The van der Waals surface area contributed by atoms with Crippen LogP contribution >= 0.6 is 11.8 Å². The van der Waals surface area contributed by atoms with E-state index in [-0.39, 0.29) is 11.6 Å². The molecule has 1 aromatic heterocycles. The van der Waals surface area contributed by atoms with Crippen LogP contribution in [0.2, 0.25) is 0 Å². The number of carbonyl (C=O) groups is 1. The quantitative estimate of drug-likeness (QED) is 0.357. The highest BCUT2D eigenvalue weighted by molar-refractivity contribution is 7.99. The molecule has 0 radical (unpaired) electrons. The number of hydrogen-bond acceptors (Lipinski definition) is 5. The minimum atomic E-state index is -0.330. The maximum Gasteiger partial charge on any atom is 0.191 e. The number of benzene rings is 2. The summed E-state index contributed by atoms with van der Waals surface area (Å²) in [6.45, 7) is 1.93. The number of Topliss-reactive ketones (excluding diaryl/α,β-unsaturated/α-hetero) is 1. The minimum Gasteiger partial charge on any atom is -0.492 e. The lowest BCUT2D eigenvalue weighted by Gasteiger charge is -2.09. The van der Waals surface area contributed by atoms with E-state index < -0.39 is 0 Å².